The van der Waals surface area contributed by atoms with E-state index in [0.29, 0.717) is 6.04 Å². The molecule has 74 valence electrons. The van der Waals surface area contributed by atoms with Gasteiger partial charge in [0.05, 0.1) is 12.7 Å². The van der Waals surface area contributed by atoms with Gasteiger partial charge in [-0.15, -0.1) is 0 Å². The van der Waals surface area contributed by atoms with Crippen LogP contribution in [0.25, 0.3) is 0 Å². The lowest BCUT2D eigenvalue weighted by Crippen LogP contribution is -2.41. The summed E-state index contributed by atoms with van der Waals surface area (Å²) in [6.45, 7) is 2.14. The molecule has 0 heterocycles. The van der Waals surface area contributed by atoms with Gasteiger partial charge in [0, 0.05) is 18.0 Å². The molecule has 2 N–H and O–H groups in total. The van der Waals surface area contributed by atoms with Gasteiger partial charge >= 0.3 is 0 Å². The minimum Gasteiger partial charge on any atom is -0.395 e. The van der Waals surface area contributed by atoms with Crippen LogP contribution in [0.2, 0.25) is 0 Å². The van der Waals surface area contributed by atoms with Crippen molar-refractivity contribution in [2.45, 2.75) is 44.7 Å². The Labute approximate surface area is 79.8 Å². The van der Waals surface area contributed by atoms with Gasteiger partial charge in [0.15, 0.2) is 0 Å². The topological polar surface area (TPSA) is 56.0 Å². The summed E-state index contributed by atoms with van der Waals surface area (Å²) in [7, 11) is 0. The first kappa shape index (κ1) is 10.5. The molecule has 3 nitrogen and oxygen atoms in total. The molecular weight excluding hydrogens is 164 g/mol. The van der Waals surface area contributed by atoms with Gasteiger partial charge in [-0.3, -0.25) is 0 Å². The zero-order valence-corrected chi connectivity index (χ0v) is 8.16. The first-order valence-electron chi connectivity index (χ1n) is 5.02. The smallest absolute Gasteiger partial charge is 0.0656 e. The van der Waals surface area contributed by atoms with Gasteiger partial charge in [-0.1, -0.05) is 6.42 Å². The molecule has 3 atom stereocenters. The van der Waals surface area contributed by atoms with Gasteiger partial charge in [-0.2, -0.15) is 5.26 Å². The second kappa shape index (κ2) is 5.21. The minimum atomic E-state index is 0.155. The summed E-state index contributed by atoms with van der Waals surface area (Å²) in [4.78, 5) is 0. The third kappa shape index (κ3) is 3.33. The van der Waals surface area contributed by atoms with E-state index in [2.05, 4.69) is 11.4 Å². The third-order valence-electron chi connectivity index (χ3n) is 2.65. The predicted octanol–water partition coefficient (Wildman–Crippen LogP) is 1.04. The van der Waals surface area contributed by atoms with Crippen molar-refractivity contribution in [3.8, 4) is 6.07 Å². The van der Waals surface area contributed by atoms with Crippen molar-refractivity contribution >= 4 is 0 Å². The maximum Gasteiger partial charge on any atom is 0.0656 e. The molecule has 0 bridgehead atoms. The van der Waals surface area contributed by atoms with Gasteiger partial charge < -0.3 is 10.4 Å². The molecule has 0 aromatic rings. The summed E-state index contributed by atoms with van der Waals surface area (Å²) in [5.74, 6) is 0.220. The number of rotatable bonds is 3. The van der Waals surface area contributed by atoms with Gasteiger partial charge in [-0.25, -0.2) is 0 Å². The van der Waals surface area contributed by atoms with Crippen molar-refractivity contribution < 1.29 is 5.11 Å². The molecule has 0 aromatic carbocycles. The molecule has 1 aliphatic rings. The van der Waals surface area contributed by atoms with E-state index in [1.54, 1.807) is 0 Å². The van der Waals surface area contributed by atoms with Crippen molar-refractivity contribution in [2.75, 3.05) is 6.61 Å². The number of nitrogens with one attached hydrogen (secondary N) is 1. The van der Waals surface area contributed by atoms with E-state index < -0.39 is 0 Å². The molecule has 3 heteroatoms. The highest BCUT2D eigenvalue weighted by Crippen LogP contribution is 2.23. The Morgan fingerprint density at radius 2 is 2.38 bits per heavy atom. The van der Waals surface area contributed by atoms with Crippen molar-refractivity contribution in [1.29, 1.82) is 5.26 Å². The quantitative estimate of drug-likeness (QED) is 0.685. The summed E-state index contributed by atoms with van der Waals surface area (Å²) in [6, 6.07) is 2.91. The Balaban J connectivity index is 2.30. The molecule has 0 saturated heterocycles. The highest BCUT2D eigenvalue weighted by Gasteiger charge is 2.22. The van der Waals surface area contributed by atoms with E-state index in [0.717, 1.165) is 25.7 Å². The zero-order chi connectivity index (χ0) is 9.68. The molecule has 2 unspecified atom stereocenters. The normalized spacial score (nSPS) is 30.8. The maximum atomic E-state index is 8.86. The van der Waals surface area contributed by atoms with Gasteiger partial charge in [0.1, 0.15) is 0 Å². The van der Waals surface area contributed by atoms with Crippen LogP contribution in [0.1, 0.15) is 32.6 Å². The van der Waals surface area contributed by atoms with E-state index in [1.165, 1.54) is 0 Å². The van der Waals surface area contributed by atoms with Crippen molar-refractivity contribution in [3.63, 3.8) is 0 Å². The van der Waals surface area contributed by atoms with Crippen LogP contribution in [-0.4, -0.2) is 23.8 Å². The van der Waals surface area contributed by atoms with E-state index >= 15 is 0 Å². The summed E-state index contributed by atoms with van der Waals surface area (Å²) in [5, 5.41) is 21.0. The Hall–Kier alpha value is -0.590. The molecule has 1 saturated carbocycles. The number of nitriles is 1. The Morgan fingerprint density at radius 1 is 1.62 bits per heavy atom. The van der Waals surface area contributed by atoms with Crippen LogP contribution in [0, 0.1) is 17.2 Å². The Morgan fingerprint density at radius 3 is 3.00 bits per heavy atom. The average molecular weight is 182 g/mol. The number of hydrogen-bond donors (Lipinski definition) is 2. The average Bonchev–Trinajstić information content (AvgIpc) is 2.18. The Bertz CT molecular complexity index is 188. The third-order valence-corrected chi connectivity index (χ3v) is 2.65. The van der Waals surface area contributed by atoms with E-state index in [1.807, 2.05) is 6.92 Å². The SMILES string of the molecule is C[C@@H](CO)NC1CCCC(C#N)C1. The summed E-state index contributed by atoms with van der Waals surface area (Å²) in [6.07, 6.45) is 4.26. The van der Waals surface area contributed by atoms with Crippen molar-refractivity contribution in [3.05, 3.63) is 0 Å². The minimum absolute atomic E-state index is 0.155. The fourth-order valence-corrected chi connectivity index (χ4v) is 1.91. The van der Waals surface area contributed by atoms with Gasteiger partial charge in [0.25, 0.3) is 0 Å². The molecule has 0 spiro atoms. The molecule has 0 aromatic heterocycles. The highest BCUT2D eigenvalue weighted by molar-refractivity contribution is 4.90. The van der Waals surface area contributed by atoms with Crippen LogP contribution in [0.5, 0.6) is 0 Å². The predicted molar refractivity (Wildman–Crippen MR) is 51.0 cm³/mol. The molecule has 0 aliphatic heterocycles. The maximum absolute atomic E-state index is 8.86. The number of aliphatic hydroxyl groups is 1. The summed E-state index contributed by atoms with van der Waals surface area (Å²) in [5.41, 5.74) is 0. The van der Waals surface area contributed by atoms with E-state index in [-0.39, 0.29) is 18.6 Å². The first-order valence-corrected chi connectivity index (χ1v) is 5.02. The molecule has 1 fully saturated rings. The van der Waals surface area contributed by atoms with Gasteiger partial charge in [-0.05, 0) is 26.2 Å². The van der Waals surface area contributed by atoms with Crippen molar-refractivity contribution in [1.82, 2.24) is 5.32 Å². The Kier molecular flexibility index (Phi) is 4.20. The van der Waals surface area contributed by atoms with Gasteiger partial charge in [0.2, 0.25) is 0 Å². The molecule has 1 aliphatic carbocycles. The fraction of sp³-hybridized carbons (Fsp3) is 0.900. The van der Waals surface area contributed by atoms with E-state index in [9.17, 15) is 0 Å². The van der Waals surface area contributed by atoms with Crippen LogP contribution >= 0.6 is 0 Å². The molecule has 0 amide bonds. The fourth-order valence-electron chi connectivity index (χ4n) is 1.91. The van der Waals surface area contributed by atoms with E-state index in [4.69, 9.17) is 10.4 Å². The van der Waals surface area contributed by atoms with Crippen LogP contribution in [0.15, 0.2) is 0 Å². The largest absolute Gasteiger partial charge is 0.395 e. The number of hydrogen-bond acceptors (Lipinski definition) is 3. The highest BCUT2D eigenvalue weighted by atomic mass is 16.3. The summed E-state index contributed by atoms with van der Waals surface area (Å²) < 4.78 is 0. The lowest BCUT2D eigenvalue weighted by Gasteiger charge is -2.28. The van der Waals surface area contributed by atoms with Crippen LogP contribution in [-0.2, 0) is 0 Å². The molecular formula is C10H18N2O. The second-order valence-electron chi connectivity index (χ2n) is 3.94. The van der Waals surface area contributed by atoms with Crippen LogP contribution in [0.3, 0.4) is 0 Å². The lowest BCUT2D eigenvalue weighted by molar-refractivity contribution is 0.221. The molecule has 1 rings (SSSR count). The standard InChI is InChI=1S/C10H18N2O/c1-8(7-13)12-10-4-2-3-9(5-10)6-11/h8-10,12-13H,2-5,7H2,1H3/t8-,9?,10?/m0/s1. The number of aliphatic hydroxyl groups excluding tert-OH is 1. The molecule has 13 heavy (non-hydrogen) atoms. The van der Waals surface area contributed by atoms with Crippen LogP contribution in [0.4, 0.5) is 0 Å². The zero-order valence-electron chi connectivity index (χ0n) is 8.16. The lowest BCUT2D eigenvalue weighted by atomic mass is 9.86. The first-order chi connectivity index (χ1) is 6.26. The number of nitrogens with zero attached hydrogens (tertiary/aromatic N) is 1. The second-order valence-corrected chi connectivity index (χ2v) is 3.94. The van der Waals surface area contributed by atoms with Crippen LogP contribution < -0.4 is 5.32 Å². The summed E-state index contributed by atoms with van der Waals surface area (Å²) >= 11 is 0. The van der Waals surface area contributed by atoms with Crippen molar-refractivity contribution in [2.24, 2.45) is 5.92 Å². The molecule has 0 radical (unpaired) electrons. The monoisotopic (exact) mass is 182 g/mol.